The number of allylic oxidation sites excluding steroid dienone is 1. The van der Waals surface area contributed by atoms with Gasteiger partial charge in [0.05, 0.1) is 40.4 Å². The fraction of sp³-hybridized carbons (Fsp3) is 0.880. The van der Waals surface area contributed by atoms with Gasteiger partial charge < -0.3 is 18.4 Å². The van der Waals surface area contributed by atoms with Crippen molar-refractivity contribution in [2.24, 2.45) is 28.6 Å². The summed E-state index contributed by atoms with van der Waals surface area (Å²) in [6.07, 6.45) is 10.0. The first kappa shape index (κ1) is 24.6. The lowest BCUT2D eigenvalue weighted by Gasteiger charge is -2.57. The molecule has 0 aromatic rings. The number of quaternary nitrogens is 1. The second kappa shape index (κ2) is 8.61. The van der Waals surface area contributed by atoms with Gasteiger partial charge in [0.25, 0.3) is 7.82 Å². The van der Waals surface area contributed by atoms with Crippen molar-refractivity contribution in [1.29, 1.82) is 0 Å². The molecule has 7 heteroatoms. The number of nitrogens with zero attached hydrogens (tertiary/aromatic N) is 1. The highest BCUT2D eigenvalue weighted by molar-refractivity contribution is 7.45. The van der Waals surface area contributed by atoms with Gasteiger partial charge in [0.1, 0.15) is 5.78 Å². The van der Waals surface area contributed by atoms with Crippen LogP contribution in [-0.2, 0) is 18.4 Å². The van der Waals surface area contributed by atoms with E-state index in [4.69, 9.17) is 9.05 Å². The van der Waals surface area contributed by atoms with Crippen LogP contribution in [0.15, 0.2) is 11.6 Å². The Morgan fingerprint density at radius 2 is 1.81 bits per heavy atom. The fourth-order valence-corrected chi connectivity index (χ4v) is 8.38. The third-order valence-corrected chi connectivity index (χ3v) is 10.3. The Balaban J connectivity index is 1.37. The quantitative estimate of drug-likeness (QED) is 0.239. The Labute approximate surface area is 193 Å². The number of ketones is 1. The number of hydrogen-bond acceptors (Lipinski definition) is 5. The van der Waals surface area contributed by atoms with Crippen LogP contribution in [0.5, 0.6) is 0 Å². The van der Waals surface area contributed by atoms with E-state index in [-0.39, 0.29) is 23.5 Å². The van der Waals surface area contributed by atoms with Crippen molar-refractivity contribution in [2.45, 2.75) is 77.7 Å². The molecule has 0 radical (unpaired) electrons. The first-order chi connectivity index (χ1) is 14.8. The maximum absolute atomic E-state index is 12.6. The Morgan fingerprint density at radius 3 is 2.53 bits per heavy atom. The number of phosphoric ester groups is 1. The van der Waals surface area contributed by atoms with Crippen molar-refractivity contribution in [3.8, 4) is 0 Å². The molecular weight excluding hydrogens is 425 g/mol. The van der Waals surface area contributed by atoms with Gasteiger partial charge in [-0.25, -0.2) is 0 Å². The van der Waals surface area contributed by atoms with E-state index in [0.29, 0.717) is 36.4 Å². The molecule has 0 saturated heterocycles. The van der Waals surface area contributed by atoms with Crippen molar-refractivity contribution in [2.75, 3.05) is 34.3 Å². The van der Waals surface area contributed by atoms with Crippen molar-refractivity contribution in [3.05, 3.63) is 11.6 Å². The zero-order chi connectivity index (χ0) is 23.4. The largest absolute Gasteiger partial charge is 0.756 e. The fourth-order valence-electron chi connectivity index (χ4n) is 7.42. The molecular formula is C25H42NO5P. The van der Waals surface area contributed by atoms with Crippen LogP contribution in [0.4, 0.5) is 0 Å². The lowest BCUT2D eigenvalue weighted by Crippen LogP contribution is -2.50. The minimum atomic E-state index is -4.29. The van der Waals surface area contributed by atoms with Crippen LogP contribution < -0.4 is 4.89 Å². The summed E-state index contributed by atoms with van der Waals surface area (Å²) in [6.45, 7) is 5.61. The van der Waals surface area contributed by atoms with E-state index in [1.54, 1.807) is 0 Å². The third-order valence-electron chi connectivity index (χ3n) is 9.27. The summed E-state index contributed by atoms with van der Waals surface area (Å²) in [5.74, 6) is 2.17. The van der Waals surface area contributed by atoms with Crippen LogP contribution in [0.2, 0.25) is 0 Å². The van der Waals surface area contributed by atoms with Crippen LogP contribution >= 0.6 is 7.82 Å². The number of fused-ring (bicyclic) bond motifs is 5. The summed E-state index contributed by atoms with van der Waals surface area (Å²) in [6, 6.07) is 0. The normalized spacial score (nSPS) is 41.3. The predicted octanol–water partition coefficient (Wildman–Crippen LogP) is 4.48. The average molecular weight is 468 g/mol. The standard InChI is InChI=1S/C25H42NO5P/c1-24-13-11-19(31-32(28,29)30-16-6-15-26(3,4)5)17-18(24)7-8-20-21-9-10-23(27)25(21,2)14-12-22(20)24/h7,19-22H,6,8-17H2,1-5H3/t19-,20-,21-,22-,24-,25-/m0/s1. The first-order valence-electron chi connectivity index (χ1n) is 12.5. The summed E-state index contributed by atoms with van der Waals surface area (Å²) in [4.78, 5) is 25.0. The Morgan fingerprint density at radius 1 is 1.12 bits per heavy atom. The number of phosphoric acid groups is 1. The first-order valence-corrected chi connectivity index (χ1v) is 14.0. The van der Waals surface area contributed by atoms with E-state index in [9.17, 15) is 14.3 Å². The highest BCUT2D eigenvalue weighted by Gasteiger charge is 2.58. The average Bonchev–Trinajstić information content (AvgIpc) is 3.00. The second-order valence-electron chi connectivity index (χ2n) is 12.3. The molecule has 0 aromatic heterocycles. The number of carbonyl (C=O) groups is 1. The highest BCUT2D eigenvalue weighted by Crippen LogP contribution is 2.64. The molecule has 4 rings (SSSR count). The molecule has 7 atom stereocenters. The van der Waals surface area contributed by atoms with E-state index in [2.05, 4.69) is 41.1 Å². The van der Waals surface area contributed by atoms with Gasteiger partial charge >= 0.3 is 0 Å². The minimum absolute atomic E-state index is 0.105. The molecule has 4 aliphatic carbocycles. The van der Waals surface area contributed by atoms with Crippen molar-refractivity contribution < 1.29 is 27.8 Å². The number of rotatable bonds is 7. The van der Waals surface area contributed by atoms with Gasteiger partial charge in [0.2, 0.25) is 0 Å². The van der Waals surface area contributed by atoms with Gasteiger partial charge in [0, 0.05) is 18.3 Å². The van der Waals surface area contributed by atoms with E-state index >= 15 is 0 Å². The van der Waals surface area contributed by atoms with Crippen molar-refractivity contribution in [1.82, 2.24) is 0 Å². The number of carbonyl (C=O) groups excluding carboxylic acids is 1. The molecule has 3 fully saturated rings. The molecule has 32 heavy (non-hydrogen) atoms. The van der Waals surface area contributed by atoms with Crippen LogP contribution in [-0.4, -0.2) is 50.7 Å². The SMILES string of the molecule is C[C@]12CC[C@H](OP(=O)([O-])OCCC[N+](C)(C)C)CC1=CC[C@@H]1[C@@H]2CC[C@]2(C)C(=O)CC[C@@H]12. The topological polar surface area (TPSA) is 75.7 Å². The van der Waals surface area contributed by atoms with Gasteiger partial charge in [0.15, 0.2) is 0 Å². The molecule has 0 N–H and O–H groups in total. The van der Waals surface area contributed by atoms with Crippen LogP contribution in [0, 0.1) is 28.6 Å². The van der Waals surface area contributed by atoms with Crippen LogP contribution in [0.25, 0.3) is 0 Å². The smallest absolute Gasteiger partial charge is 0.268 e. The predicted molar refractivity (Wildman–Crippen MR) is 123 cm³/mol. The molecule has 182 valence electrons. The van der Waals surface area contributed by atoms with E-state index in [0.717, 1.165) is 56.0 Å². The monoisotopic (exact) mass is 467 g/mol. The summed E-state index contributed by atoms with van der Waals surface area (Å²) in [7, 11) is 1.93. The summed E-state index contributed by atoms with van der Waals surface area (Å²) >= 11 is 0. The molecule has 0 aliphatic heterocycles. The number of Topliss-reactive ketones (excluding diaryl/α,β-unsaturated/α-hetero) is 1. The molecule has 3 saturated carbocycles. The molecule has 0 heterocycles. The van der Waals surface area contributed by atoms with Crippen LogP contribution in [0.3, 0.4) is 0 Å². The molecule has 0 amide bonds. The van der Waals surface area contributed by atoms with Crippen molar-refractivity contribution in [3.63, 3.8) is 0 Å². The third kappa shape index (κ3) is 4.68. The summed E-state index contributed by atoms with van der Waals surface area (Å²) in [5, 5.41) is 0. The molecule has 1 unspecified atom stereocenters. The lowest BCUT2D eigenvalue weighted by molar-refractivity contribution is -0.870. The maximum atomic E-state index is 12.6. The zero-order valence-electron chi connectivity index (χ0n) is 20.6. The number of hydrogen-bond donors (Lipinski definition) is 0. The molecule has 0 aromatic carbocycles. The minimum Gasteiger partial charge on any atom is -0.756 e. The maximum Gasteiger partial charge on any atom is 0.268 e. The summed E-state index contributed by atoms with van der Waals surface area (Å²) in [5.41, 5.74) is 1.36. The van der Waals surface area contributed by atoms with Gasteiger partial charge in [-0.3, -0.25) is 9.36 Å². The van der Waals surface area contributed by atoms with E-state index in [1.807, 2.05) is 0 Å². The molecule has 4 aliphatic rings. The second-order valence-corrected chi connectivity index (χ2v) is 13.7. The van der Waals surface area contributed by atoms with E-state index < -0.39 is 7.82 Å². The van der Waals surface area contributed by atoms with Crippen LogP contribution in [0.1, 0.15) is 71.6 Å². The zero-order valence-corrected chi connectivity index (χ0v) is 21.5. The van der Waals surface area contributed by atoms with E-state index in [1.165, 1.54) is 5.57 Å². The van der Waals surface area contributed by atoms with Gasteiger partial charge in [-0.05, 0) is 68.1 Å². The highest BCUT2D eigenvalue weighted by atomic mass is 31.2. The summed E-state index contributed by atoms with van der Waals surface area (Å²) < 4.78 is 23.9. The Hall–Kier alpha value is -0.520. The molecule has 0 spiro atoms. The van der Waals surface area contributed by atoms with Gasteiger partial charge in [-0.2, -0.15) is 0 Å². The van der Waals surface area contributed by atoms with Crippen molar-refractivity contribution >= 4 is 13.6 Å². The molecule has 0 bridgehead atoms. The van der Waals surface area contributed by atoms with Gasteiger partial charge in [-0.15, -0.1) is 0 Å². The Bertz CT molecular complexity index is 820. The van der Waals surface area contributed by atoms with Gasteiger partial charge in [-0.1, -0.05) is 25.5 Å². The molecule has 6 nitrogen and oxygen atoms in total. The lowest BCUT2D eigenvalue weighted by atomic mass is 9.48. The Kier molecular flexibility index (Phi) is 6.62.